The molecule has 1 saturated carbocycles. The third kappa shape index (κ3) is 6.55. The smallest absolute Gasteiger partial charge is 0.0589 e. The van der Waals surface area contributed by atoms with Crippen molar-refractivity contribution in [2.24, 2.45) is 11.3 Å². The minimum absolute atomic E-state index is 0.512. The summed E-state index contributed by atoms with van der Waals surface area (Å²) in [5.74, 6) is 0.730. The van der Waals surface area contributed by atoms with Gasteiger partial charge in [0.1, 0.15) is 0 Å². The molecule has 120 valence electrons. The fourth-order valence-electron chi connectivity index (χ4n) is 3.49. The van der Waals surface area contributed by atoms with Crippen molar-refractivity contribution in [1.82, 2.24) is 10.2 Å². The summed E-state index contributed by atoms with van der Waals surface area (Å²) in [5.41, 5.74) is 0.512. The van der Waals surface area contributed by atoms with Crippen molar-refractivity contribution in [3.8, 4) is 0 Å². The van der Waals surface area contributed by atoms with E-state index in [4.69, 9.17) is 4.74 Å². The van der Waals surface area contributed by atoms with Crippen LogP contribution in [-0.2, 0) is 4.74 Å². The molecule has 0 bridgehead atoms. The highest BCUT2D eigenvalue weighted by molar-refractivity contribution is 4.89. The average molecular weight is 284 g/mol. The molecular formula is C17H36N2O. The number of hydrogen-bond acceptors (Lipinski definition) is 3. The van der Waals surface area contributed by atoms with Crippen LogP contribution in [-0.4, -0.2) is 51.3 Å². The molecule has 0 radical (unpaired) electrons. The van der Waals surface area contributed by atoms with Crippen LogP contribution in [0.25, 0.3) is 0 Å². The van der Waals surface area contributed by atoms with Gasteiger partial charge in [-0.05, 0) is 37.1 Å². The number of hydrogen-bond donors (Lipinski definition) is 1. The largest absolute Gasteiger partial charge is 0.383 e. The zero-order valence-electron chi connectivity index (χ0n) is 14.2. The van der Waals surface area contributed by atoms with Crippen LogP contribution >= 0.6 is 0 Å². The Labute approximate surface area is 126 Å². The van der Waals surface area contributed by atoms with E-state index in [9.17, 15) is 0 Å². The van der Waals surface area contributed by atoms with Crippen LogP contribution in [0.5, 0.6) is 0 Å². The molecule has 0 saturated heterocycles. The Morgan fingerprint density at radius 2 is 1.95 bits per heavy atom. The van der Waals surface area contributed by atoms with Crippen molar-refractivity contribution in [1.29, 1.82) is 0 Å². The molecule has 0 aromatic carbocycles. The third-order valence-corrected chi connectivity index (χ3v) is 4.38. The van der Waals surface area contributed by atoms with Gasteiger partial charge in [0.05, 0.1) is 6.61 Å². The summed E-state index contributed by atoms with van der Waals surface area (Å²) >= 11 is 0. The van der Waals surface area contributed by atoms with Crippen molar-refractivity contribution in [3.63, 3.8) is 0 Å². The van der Waals surface area contributed by atoms with E-state index in [-0.39, 0.29) is 0 Å². The van der Waals surface area contributed by atoms with E-state index in [2.05, 4.69) is 31.0 Å². The van der Waals surface area contributed by atoms with Gasteiger partial charge in [0.2, 0.25) is 0 Å². The minimum atomic E-state index is 0.512. The first-order valence-corrected chi connectivity index (χ1v) is 8.54. The molecule has 0 unspecified atom stereocenters. The maximum atomic E-state index is 5.29. The van der Waals surface area contributed by atoms with E-state index in [1.165, 1.54) is 51.7 Å². The Morgan fingerprint density at radius 1 is 1.25 bits per heavy atom. The first-order valence-electron chi connectivity index (χ1n) is 8.54. The molecule has 0 atom stereocenters. The van der Waals surface area contributed by atoms with Crippen molar-refractivity contribution < 1.29 is 4.74 Å². The van der Waals surface area contributed by atoms with Gasteiger partial charge in [-0.3, -0.25) is 0 Å². The molecule has 0 aromatic heterocycles. The van der Waals surface area contributed by atoms with Crippen LogP contribution in [0.1, 0.15) is 52.9 Å². The molecule has 3 heteroatoms. The summed E-state index contributed by atoms with van der Waals surface area (Å²) in [5, 5.41) is 3.67. The van der Waals surface area contributed by atoms with Gasteiger partial charge in [-0.2, -0.15) is 0 Å². The van der Waals surface area contributed by atoms with E-state index >= 15 is 0 Å². The second kappa shape index (κ2) is 9.75. The van der Waals surface area contributed by atoms with E-state index in [0.29, 0.717) is 5.41 Å². The van der Waals surface area contributed by atoms with Gasteiger partial charge in [0, 0.05) is 33.3 Å². The lowest BCUT2D eigenvalue weighted by atomic mass is 9.85. The lowest BCUT2D eigenvalue weighted by Gasteiger charge is -2.36. The maximum absolute atomic E-state index is 5.29. The predicted molar refractivity (Wildman–Crippen MR) is 87.2 cm³/mol. The summed E-state index contributed by atoms with van der Waals surface area (Å²) in [7, 11) is 1.81. The van der Waals surface area contributed by atoms with Crippen LogP contribution in [0.4, 0.5) is 0 Å². The van der Waals surface area contributed by atoms with Gasteiger partial charge in [-0.15, -0.1) is 0 Å². The van der Waals surface area contributed by atoms with Crippen LogP contribution in [0.3, 0.4) is 0 Å². The lowest BCUT2D eigenvalue weighted by Crippen LogP contribution is -2.45. The highest BCUT2D eigenvalue weighted by Gasteiger charge is 2.35. The van der Waals surface area contributed by atoms with Crippen molar-refractivity contribution in [2.75, 3.05) is 46.4 Å². The monoisotopic (exact) mass is 284 g/mol. The van der Waals surface area contributed by atoms with Crippen LogP contribution < -0.4 is 5.32 Å². The highest BCUT2D eigenvalue weighted by Crippen LogP contribution is 2.38. The Hall–Kier alpha value is -0.120. The fourth-order valence-corrected chi connectivity index (χ4v) is 3.49. The standard InChI is InChI=1S/C17H36N2O/c1-5-10-18-14-17(8-6-7-9-17)15-19(11-12-20-4)13-16(2)3/h16,18H,5-15H2,1-4H3. The molecule has 1 rings (SSSR count). The van der Waals surface area contributed by atoms with Crippen molar-refractivity contribution in [2.45, 2.75) is 52.9 Å². The summed E-state index contributed by atoms with van der Waals surface area (Å²) in [4.78, 5) is 2.63. The lowest BCUT2D eigenvalue weighted by molar-refractivity contribution is 0.0970. The molecule has 0 heterocycles. The molecule has 1 N–H and O–H groups in total. The van der Waals surface area contributed by atoms with Crippen LogP contribution in [0.2, 0.25) is 0 Å². The van der Waals surface area contributed by atoms with E-state index in [1.807, 2.05) is 7.11 Å². The first kappa shape index (κ1) is 17.9. The third-order valence-electron chi connectivity index (χ3n) is 4.38. The van der Waals surface area contributed by atoms with Gasteiger partial charge in [0.25, 0.3) is 0 Å². The molecule has 0 amide bonds. The number of methoxy groups -OCH3 is 1. The van der Waals surface area contributed by atoms with Crippen LogP contribution in [0, 0.1) is 11.3 Å². The minimum Gasteiger partial charge on any atom is -0.383 e. The quantitative estimate of drug-likeness (QED) is 0.590. The van der Waals surface area contributed by atoms with Crippen molar-refractivity contribution >= 4 is 0 Å². The molecule has 0 aliphatic heterocycles. The van der Waals surface area contributed by atoms with Gasteiger partial charge >= 0.3 is 0 Å². The predicted octanol–water partition coefficient (Wildman–Crippen LogP) is 3.15. The summed E-state index contributed by atoms with van der Waals surface area (Å²) in [6, 6.07) is 0. The molecule has 20 heavy (non-hydrogen) atoms. The molecule has 1 aliphatic carbocycles. The zero-order chi connectivity index (χ0) is 14.8. The number of ether oxygens (including phenoxy) is 1. The number of nitrogens with zero attached hydrogens (tertiary/aromatic N) is 1. The van der Waals surface area contributed by atoms with Crippen LogP contribution in [0.15, 0.2) is 0 Å². The molecule has 3 nitrogen and oxygen atoms in total. The van der Waals surface area contributed by atoms with Gasteiger partial charge < -0.3 is 15.0 Å². The summed E-state index contributed by atoms with van der Waals surface area (Å²) < 4.78 is 5.29. The second-order valence-corrected chi connectivity index (χ2v) is 7.01. The number of nitrogens with one attached hydrogen (secondary N) is 1. The molecule has 1 fully saturated rings. The zero-order valence-corrected chi connectivity index (χ0v) is 14.2. The van der Waals surface area contributed by atoms with Gasteiger partial charge in [-0.1, -0.05) is 33.6 Å². The highest BCUT2D eigenvalue weighted by atomic mass is 16.5. The van der Waals surface area contributed by atoms with E-state index < -0.39 is 0 Å². The molecule has 0 spiro atoms. The van der Waals surface area contributed by atoms with E-state index in [1.54, 1.807) is 0 Å². The number of rotatable bonds is 11. The van der Waals surface area contributed by atoms with E-state index in [0.717, 1.165) is 25.6 Å². The molecule has 0 aromatic rings. The fraction of sp³-hybridized carbons (Fsp3) is 1.00. The van der Waals surface area contributed by atoms with Gasteiger partial charge in [-0.25, -0.2) is 0 Å². The normalized spacial score (nSPS) is 18.3. The SMILES string of the molecule is CCCNCC1(CN(CCOC)CC(C)C)CCCC1. The second-order valence-electron chi connectivity index (χ2n) is 7.01. The summed E-state index contributed by atoms with van der Waals surface area (Å²) in [6.07, 6.45) is 6.84. The maximum Gasteiger partial charge on any atom is 0.0589 e. The first-order chi connectivity index (χ1) is 9.62. The summed E-state index contributed by atoms with van der Waals surface area (Å²) in [6.45, 7) is 13.6. The van der Waals surface area contributed by atoms with Crippen molar-refractivity contribution in [3.05, 3.63) is 0 Å². The Bertz CT molecular complexity index is 237. The Kier molecular flexibility index (Phi) is 8.74. The molecular weight excluding hydrogens is 248 g/mol. The average Bonchev–Trinajstić information content (AvgIpc) is 2.84. The topological polar surface area (TPSA) is 24.5 Å². The molecule has 1 aliphatic rings. The Balaban J connectivity index is 2.54. The Morgan fingerprint density at radius 3 is 2.50 bits per heavy atom. The van der Waals surface area contributed by atoms with Gasteiger partial charge in [0.15, 0.2) is 0 Å².